The maximum atomic E-state index is 14.4. The zero-order valence-corrected chi connectivity index (χ0v) is 26.0. The van der Waals surface area contributed by atoms with Crippen molar-refractivity contribution in [2.75, 3.05) is 57.2 Å². The van der Waals surface area contributed by atoms with Crippen molar-refractivity contribution in [3.05, 3.63) is 70.9 Å². The summed E-state index contributed by atoms with van der Waals surface area (Å²) in [7, 11) is 2.50. The maximum absolute atomic E-state index is 14.4. The Morgan fingerprint density at radius 2 is 1.74 bits per heavy atom. The largest absolute Gasteiger partial charge is 0.466 e. The fourth-order valence-corrected chi connectivity index (χ4v) is 6.48. The average molecular weight is 641 g/mol. The molecule has 2 atom stereocenters. The van der Waals surface area contributed by atoms with Crippen molar-refractivity contribution in [2.24, 2.45) is 0 Å². The summed E-state index contributed by atoms with van der Waals surface area (Å²) in [6.07, 6.45) is 2.41. The number of esters is 1. The Labute approximate surface area is 265 Å². The third-order valence-electron chi connectivity index (χ3n) is 8.59. The van der Waals surface area contributed by atoms with Crippen LogP contribution in [0.1, 0.15) is 37.8 Å². The molecule has 246 valence electrons. The van der Waals surface area contributed by atoms with Gasteiger partial charge in [-0.2, -0.15) is 0 Å². The molecule has 2 fully saturated rings. The first kappa shape index (κ1) is 32.8. The second-order valence-electron chi connectivity index (χ2n) is 11.5. The van der Waals surface area contributed by atoms with E-state index >= 15 is 0 Å². The second-order valence-corrected chi connectivity index (χ2v) is 11.5. The molecule has 2 saturated heterocycles. The lowest BCUT2D eigenvalue weighted by Crippen LogP contribution is -2.57. The van der Waals surface area contributed by atoms with E-state index in [1.54, 1.807) is 0 Å². The van der Waals surface area contributed by atoms with Gasteiger partial charge in [0.05, 0.1) is 36.4 Å². The van der Waals surface area contributed by atoms with Crippen LogP contribution in [0.3, 0.4) is 0 Å². The van der Waals surface area contributed by atoms with Crippen molar-refractivity contribution in [1.29, 1.82) is 0 Å². The summed E-state index contributed by atoms with van der Waals surface area (Å²) in [5.41, 5.74) is 1.69. The van der Waals surface area contributed by atoms with Crippen molar-refractivity contribution < 1.29 is 37.4 Å². The summed E-state index contributed by atoms with van der Waals surface area (Å²) in [6, 6.07) is 7.60. The molecule has 0 spiro atoms. The Bertz CT molecular complexity index is 1530. The number of hydrogen-bond acceptors (Lipinski definition) is 8. The number of anilines is 2. The lowest BCUT2D eigenvalue weighted by atomic mass is 9.93. The molecule has 14 heteroatoms. The second kappa shape index (κ2) is 14.3. The minimum Gasteiger partial charge on any atom is -0.466 e. The van der Waals surface area contributed by atoms with Crippen LogP contribution in [0.4, 0.5) is 29.7 Å². The molecule has 3 aliphatic rings. The van der Waals surface area contributed by atoms with Gasteiger partial charge in [-0.25, -0.2) is 28.1 Å². The number of rotatable bonds is 8. The highest BCUT2D eigenvalue weighted by atomic mass is 19.2. The predicted molar refractivity (Wildman–Crippen MR) is 165 cm³/mol. The summed E-state index contributed by atoms with van der Waals surface area (Å²) in [5.74, 6) is -3.30. The summed E-state index contributed by atoms with van der Waals surface area (Å²) >= 11 is 0. The van der Waals surface area contributed by atoms with Gasteiger partial charge in [0.2, 0.25) is 5.91 Å². The van der Waals surface area contributed by atoms with E-state index in [1.807, 2.05) is 24.3 Å². The van der Waals surface area contributed by atoms with E-state index in [9.17, 15) is 28.0 Å². The molecule has 2 aromatic rings. The van der Waals surface area contributed by atoms with E-state index in [2.05, 4.69) is 25.8 Å². The first-order chi connectivity index (χ1) is 22.1. The molecule has 3 heterocycles. The van der Waals surface area contributed by atoms with Gasteiger partial charge in [-0.05, 0) is 49.1 Å². The molecule has 0 saturated carbocycles. The molecule has 0 bridgehead atoms. The number of halogens is 2. The molecule has 3 aliphatic heterocycles. The molecule has 46 heavy (non-hydrogen) atoms. The lowest BCUT2D eigenvalue weighted by molar-refractivity contribution is -0.137. The topological polar surface area (TPSA) is 133 Å². The number of carbonyl (C=O) groups is 4. The minimum atomic E-state index is -1.40. The van der Waals surface area contributed by atoms with Gasteiger partial charge in [-0.1, -0.05) is 18.2 Å². The molecular formula is C32H38F2N6O6. The Kier molecular flexibility index (Phi) is 10.2. The fraction of sp³-hybridized carbons (Fsp3) is 0.438. The minimum absolute atomic E-state index is 0.0118. The van der Waals surface area contributed by atoms with Crippen LogP contribution in [0.5, 0.6) is 0 Å². The molecule has 3 N–H and O–H groups in total. The molecule has 0 aliphatic carbocycles. The summed E-state index contributed by atoms with van der Waals surface area (Å²) < 4.78 is 38.3. The first-order valence-electron chi connectivity index (χ1n) is 15.1. The number of ether oxygens (including phenoxy) is 2. The standard InChI is InChI=1S/C32H38F2N6O6/c1-19(41)35-25-6-4-5-7-27(25)38-14-11-22(12-15-38)39-13-10-21(17-39)36-31(43)40-29(20-8-9-23(33)24(34)16-20)28(30(42)46-3)26(18-45-2)37-32(40)44/h4-9,16,21-22,29H,10-15,17-18H2,1-3H3,(H,35,41)(H,36,43)(H,37,44)/t21?,29-/m0/s1. The number of carbonyl (C=O) groups excluding carboxylic acids is 4. The van der Waals surface area contributed by atoms with E-state index in [1.165, 1.54) is 20.1 Å². The van der Waals surface area contributed by atoms with E-state index in [-0.39, 0.29) is 41.4 Å². The van der Waals surface area contributed by atoms with Gasteiger partial charge in [-0.15, -0.1) is 0 Å². The lowest BCUT2D eigenvalue weighted by Gasteiger charge is -2.39. The number of methoxy groups -OCH3 is 2. The van der Waals surface area contributed by atoms with E-state index in [0.717, 1.165) is 68.0 Å². The number of nitrogens with zero attached hydrogens (tertiary/aromatic N) is 3. The number of amides is 5. The van der Waals surface area contributed by atoms with E-state index in [0.29, 0.717) is 13.0 Å². The van der Waals surface area contributed by atoms with Crippen LogP contribution in [-0.4, -0.2) is 92.8 Å². The van der Waals surface area contributed by atoms with Crippen LogP contribution in [0.25, 0.3) is 0 Å². The summed E-state index contributed by atoms with van der Waals surface area (Å²) in [4.78, 5) is 57.1. The highest BCUT2D eigenvalue weighted by Gasteiger charge is 2.44. The maximum Gasteiger partial charge on any atom is 0.338 e. The Hall–Kier alpha value is -4.56. The Balaban J connectivity index is 1.28. The third kappa shape index (κ3) is 6.97. The molecule has 0 radical (unpaired) electrons. The average Bonchev–Trinajstić information content (AvgIpc) is 3.50. The highest BCUT2D eigenvalue weighted by Crippen LogP contribution is 2.36. The molecule has 2 aromatic carbocycles. The normalized spacial score (nSPS) is 20.8. The van der Waals surface area contributed by atoms with E-state index in [4.69, 9.17) is 9.47 Å². The van der Waals surface area contributed by atoms with Gasteiger partial charge < -0.3 is 30.3 Å². The molecular weight excluding hydrogens is 602 g/mol. The number of benzene rings is 2. The number of piperidine rings is 1. The van der Waals surface area contributed by atoms with Crippen LogP contribution in [0.2, 0.25) is 0 Å². The van der Waals surface area contributed by atoms with Crippen molar-refractivity contribution in [3.63, 3.8) is 0 Å². The zero-order chi connectivity index (χ0) is 33.0. The van der Waals surface area contributed by atoms with Crippen LogP contribution >= 0.6 is 0 Å². The summed E-state index contributed by atoms with van der Waals surface area (Å²) in [6.45, 7) is 4.18. The SMILES string of the molecule is COCC1=C(C(=O)OC)[C@H](c2ccc(F)c(F)c2)N(C(=O)NC2CCN(C3CCN(c4ccccc4NC(C)=O)CC3)C2)C(=O)N1. The monoisotopic (exact) mass is 640 g/mol. The van der Waals surface area contributed by atoms with Crippen LogP contribution in [0.15, 0.2) is 53.7 Å². The smallest absolute Gasteiger partial charge is 0.338 e. The van der Waals surface area contributed by atoms with E-state index < -0.39 is 35.7 Å². The van der Waals surface area contributed by atoms with Gasteiger partial charge in [0, 0.05) is 52.3 Å². The number of para-hydroxylation sites is 2. The van der Waals surface area contributed by atoms with Crippen molar-refractivity contribution in [1.82, 2.24) is 20.4 Å². The number of hydrogen-bond donors (Lipinski definition) is 3. The number of imide groups is 1. The molecule has 12 nitrogen and oxygen atoms in total. The zero-order valence-electron chi connectivity index (χ0n) is 26.0. The molecule has 5 amide bonds. The molecule has 5 rings (SSSR count). The Morgan fingerprint density at radius 3 is 2.41 bits per heavy atom. The van der Waals surface area contributed by atoms with Gasteiger partial charge in [0.25, 0.3) is 0 Å². The first-order valence-corrected chi connectivity index (χ1v) is 15.1. The van der Waals surface area contributed by atoms with Gasteiger partial charge >= 0.3 is 18.0 Å². The predicted octanol–water partition coefficient (Wildman–Crippen LogP) is 3.52. The highest BCUT2D eigenvalue weighted by molar-refractivity contribution is 6.02. The Morgan fingerprint density at radius 1 is 1.00 bits per heavy atom. The number of urea groups is 2. The van der Waals surface area contributed by atoms with Crippen molar-refractivity contribution in [3.8, 4) is 0 Å². The van der Waals surface area contributed by atoms with Crippen molar-refractivity contribution in [2.45, 2.75) is 44.3 Å². The molecule has 1 unspecified atom stereocenters. The number of nitrogens with one attached hydrogen (secondary N) is 3. The molecule has 0 aromatic heterocycles. The van der Waals surface area contributed by atoms with Crippen molar-refractivity contribution >= 4 is 35.3 Å². The van der Waals surface area contributed by atoms with Crippen LogP contribution in [-0.2, 0) is 19.1 Å². The fourth-order valence-electron chi connectivity index (χ4n) is 6.48. The third-order valence-corrected chi connectivity index (χ3v) is 8.59. The number of likely N-dealkylation sites (tertiary alicyclic amines) is 1. The van der Waals surface area contributed by atoms with Gasteiger partial charge in [0.1, 0.15) is 6.04 Å². The van der Waals surface area contributed by atoms with Gasteiger partial charge in [0.15, 0.2) is 11.6 Å². The van der Waals surface area contributed by atoms with Crippen LogP contribution < -0.4 is 20.9 Å². The van der Waals surface area contributed by atoms with Crippen LogP contribution in [0, 0.1) is 11.6 Å². The quantitative estimate of drug-likeness (QED) is 0.374. The van der Waals surface area contributed by atoms with Gasteiger partial charge in [-0.3, -0.25) is 9.69 Å². The summed E-state index contributed by atoms with van der Waals surface area (Å²) in [5, 5.41) is 8.35.